The third-order valence-corrected chi connectivity index (χ3v) is 3.66. The molecule has 0 amide bonds. The third-order valence-electron chi connectivity index (χ3n) is 3.66. The lowest BCUT2D eigenvalue weighted by atomic mass is 9.93. The summed E-state index contributed by atoms with van der Waals surface area (Å²) in [7, 11) is 0. The zero-order valence-electron chi connectivity index (χ0n) is 11.2. The van der Waals surface area contributed by atoms with Gasteiger partial charge in [0.2, 0.25) is 5.88 Å². The van der Waals surface area contributed by atoms with Crippen LogP contribution in [0.4, 0.5) is 13.2 Å². The van der Waals surface area contributed by atoms with Gasteiger partial charge in [0, 0.05) is 24.5 Å². The number of alkyl halides is 3. The van der Waals surface area contributed by atoms with Crippen LogP contribution < -0.4 is 10.5 Å². The van der Waals surface area contributed by atoms with Crippen LogP contribution in [0.5, 0.6) is 5.88 Å². The minimum Gasteiger partial charge on any atom is -0.471 e. The standard InChI is InChI=1S/C13H15F3N4O/c14-13(15,16)11-7-9-12(18-5-6-20(9)19-11)21-10-4-2-1-3-8(10)17/h5-8,10H,1-4,17H2. The summed E-state index contributed by atoms with van der Waals surface area (Å²) in [5, 5.41) is 3.50. The van der Waals surface area contributed by atoms with E-state index in [0.717, 1.165) is 36.3 Å². The summed E-state index contributed by atoms with van der Waals surface area (Å²) in [6.07, 6.45) is 1.68. The average Bonchev–Trinajstić information content (AvgIpc) is 2.86. The van der Waals surface area contributed by atoms with Crippen molar-refractivity contribution >= 4 is 5.52 Å². The third kappa shape index (κ3) is 2.80. The predicted molar refractivity (Wildman–Crippen MR) is 68.8 cm³/mol. The van der Waals surface area contributed by atoms with E-state index in [0.29, 0.717) is 0 Å². The summed E-state index contributed by atoms with van der Waals surface area (Å²) >= 11 is 0. The van der Waals surface area contributed by atoms with Crippen LogP contribution in [0.15, 0.2) is 18.5 Å². The molecule has 2 atom stereocenters. The van der Waals surface area contributed by atoms with Gasteiger partial charge in [-0.05, 0) is 19.3 Å². The van der Waals surface area contributed by atoms with Gasteiger partial charge in [0.1, 0.15) is 11.6 Å². The molecule has 8 heteroatoms. The average molecular weight is 300 g/mol. The van der Waals surface area contributed by atoms with Gasteiger partial charge in [-0.25, -0.2) is 9.50 Å². The molecule has 1 aliphatic carbocycles. The SMILES string of the molecule is NC1CCCCC1Oc1nccn2nc(C(F)(F)F)cc12. The Hall–Kier alpha value is -1.83. The Morgan fingerprint density at radius 2 is 2.05 bits per heavy atom. The predicted octanol–water partition coefficient (Wildman–Crippen LogP) is 2.40. The molecule has 5 nitrogen and oxygen atoms in total. The van der Waals surface area contributed by atoms with Crippen LogP contribution in [0.2, 0.25) is 0 Å². The van der Waals surface area contributed by atoms with Gasteiger partial charge in [-0.15, -0.1) is 0 Å². The maximum Gasteiger partial charge on any atom is 0.435 e. The van der Waals surface area contributed by atoms with Crippen molar-refractivity contribution in [3.63, 3.8) is 0 Å². The van der Waals surface area contributed by atoms with Crippen molar-refractivity contribution in [2.24, 2.45) is 5.73 Å². The van der Waals surface area contributed by atoms with Gasteiger partial charge in [0.15, 0.2) is 5.69 Å². The molecule has 2 aromatic rings. The molecule has 0 aromatic carbocycles. The van der Waals surface area contributed by atoms with E-state index in [-0.39, 0.29) is 23.5 Å². The van der Waals surface area contributed by atoms with Crippen LogP contribution in [0.3, 0.4) is 0 Å². The first-order valence-electron chi connectivity index (χ1n) is 6.79. The second-order valence-corrected chi connectivity index (χ2v) is 5.19. The van der Waals surface area contributed by atoms with E-state index in [2.05, 4.69) is 10.1 Å². The Bertz CT molecular complexity index is 640. The summed E-state index contributed by atoms with van der Waals surface area (Å²) in [4.78, 5) is 4.02. The zero-order chi connectivity index (χ0) is 15.0. The van der Waals surface area contributed by atoms with Crippen LogP contribution in [0, 0.1) is 0 Å². The maximum absolute atomic E-state index is 12.7. The molecule has 0 radical (unpaired) electrons. The molecule has 2 N–H and O–H groups in total. The number of nitrogens with zero attached hydrogens (tertiary/aromatic N) is 3. The van der Waals surface area contributed by atoms with E-state index >= 15 is 0 Å². The molecule has 2 unspecified atom stereocenters. The van der Waals surface area contributed by atoms with Gasteiger partial charge in [0.25, 0.3) is 0 Å². The van der Waals surface area contributed by atoms with Crippen LogP contribution in [0.25, 0.3) is 5.52 Å². The summed E-state index contributed by atoms with van der Waals surface area (Å²) in [6.45, 7) is 0. The Morgan fingerprint density at radius 1 is 1.29 bits per heavy atom. The normalized spacial score (nSPS) is 23.4. The van der Waals surface area contributed by atoms with Crippen molar-refractivity contribution in [1.82, 2.24) is 14.6 Å². The summed E-state index contributed by atoms with van der Waals surface area (Å²) in [6, 6.07) is 0.822. The first-order valence-corrected chi connectivity index (χ1v) is 6.79. The highest BCUT2D eigenvalue weighted by Gasteiger charge is 2.35. The highest BCUT2D eigenvalue weighted by atomic mass is 19.4. The molecular weight excluding hydrogens is 285 g/mol. The number of nitrogens with two attached hydrogens (primary N) is 1. The molecule has 0 spiro atoms. The molecule has 2 aromatic heterocycles. The zero-order valence-corrected chi connectivity index (χ0v) is 11.2. The second-order valence-electron chi connectivity index (χ2n) is 5.19. The van der Waals surface area contributed by atoms with E-state index in [9.17, 15) is 13.2 Å². The number of halogens is 3. The quantitative estimate of drug-likeness (QED) is 0.925. The van der Waals surface area contributed by atoms with Crippen molar-refractivity contribution in [2.75, 3.05) is 0 Å². The summed E-state index contributed by atoms with van der Waals surface area (Å²) < 4.78 is 45.0. The smallest absolute Gasteiger partial charge is 0.435 e. The Labute approximate surface area is 118 Å². The topological polar surface area (TPSA) is 65.4 Å². The number of fused-ring (bicyclic) bond motifs is 1. The molecule has 114 valence electrons. The molecule has 0 bridgehead atoms. The highest BCUT2D eigenvalue weighted by Crippen LogP contribution is 2.31. The Balaban J connectivity index is 1.93. The fourth-order valence-corrected chi connectivity index (χ4v) is 2.54. The monoisotopic (exact) mass is 300 g/mol. The maximum atomic E-state index is 12.7. The van der Waals surface area contributed by atoms with E-state index in [1.54, 1.807) is 0 Å². The van der Waals surface area contributed by atoms with Crippen molar-refractivity contribution in [3.8, 4) is 5.88 Å². The molecule has 21 heavy (non-hydrogen) atoms. The first-order chi connectivity index (χ1) is 9.95. The minimum atomic E-state index is -4.50. The number of aromatic nitrogens is 3. The van der Waals surface area contributed by atoms with E-state index < -0.39 is 11.9 Å². The first kappa shape index (κ1) is 14.1. The summed E-state index contributed by atoms with van der Waals surface area (Å²) in [5.74, 6) is 0.142. The second kappa shape index (κ2) is 5.18. The Morgan fingerprint density at radius 3 is 2.76 bits per heavy atom. The fourth-order valence-electron chi connectivity index (χ4n) is 2.54. The molecule has 1 fully saturated rings. The van der Waals surface area contributed by atoms with E-state index in [1.165, 1.54) is 12.4 Å². The number of hydrogen-bond acceptors (Lipinski definition) is 4. The highest BCUT2D eigenvalue weighted by molar-refractivity contribution is 5.57. The molecule has 3 rings (SSSR count). The van der Waals surface area contributed by atoms with Crippen molar-refractivity contribution < 1.29 is 17.9 Å². The molecular formula is C13H15F3N4O. The van der Waals surface area contributed by atoms with Gasteiger partial charge < -0.3 is 10.5 Å². The van der Waals surface area contributed by atoms with Gasteiger partial charge in [-0.1, -0.05) is 6.42 Å². The lowest BCUT2D eigenvalue weighted by Crippen LogP contribution is -2.41. The molecule has 2 heterocycles. The lowest BCUT2D eigenvalue weighted by Gasteiger charge is -2.28. The van der Waals surface area contributed by atoms with E-state index in [1.807, 2.05) is 0 Å². The number of ether oxygens (including phenoxy) is 1. The van der Waals surface area contributed by atoms with Gasteiger partial charge >= 0.3 is 6.18 Å². The van der Waals surface area contributed by atoms with Crippen LogP contribution in [-0.4, -0.2) is 26.7 Å². The number of hydrogen-bond donors (Lipinski definition) is 1. The molecule has 1 saturated carbocycles. The van der Waals surface area contributed by atoms with E-state index in [4.69, 9.17) is 10.5 Å². The summed E-state index contributed by atoms with van der Waals surface area (Å²) in [5.41, 5.74) is 5.22. The van der Waals surface area contributed by atoms with Gasteiger partial charge in [0.05, 0.1) is 0 Å². The van der Waals surface area contributed by atoms with Crippen molar-refractivity contribution in [3.05, 3.63) is 24.2 Å². The number of rotatable bonds is 2. The van der Waals surface area contributed by atoms with Crippen molar-refractivity contribution in [1.29, 1.82) is 0 Å². The van der Waals surface area contributed by atoms with Crippen LogP contribution in [0.1, 0.15) is 31.4 Å². The van der Waals surface area contributed by atoms with Gasteiger partial charge in [-0.3, -0.25) is 0 Å². The fraction of sp³-hybridized carbons (Fsp3) is 0.538. The Kier molecular flexibility index (Phi) is 3.48. The van der Waals surface area contributed by atoms with Gasteiger partial charge in [-0.2, -0.15) is 18.3 Å². The lowest BCUT2D eigenvalue weighted by molar-refractivity contribution is -0.141. The molecule has 1 aliphatic rings. The molecule has 0 saturated heterocycles. The minimum absolute atomic E-state index is 0.120. The van der Waals surface area contributed by atoms with Crippen molar-refractivity contribution in [2.45, 2.75) is 44.0 Å². The largest absolute Gasteiger partial charge is 0.471 e. The van der Waals surface area contributed by atoms with Crippen LogP contribution in [-0.2, 0) is 6.18 Å². The molecule has 0 aliphatic heterocycles. The van der Waals surface area contributed by atoms with Crippen LogP contribution >= 0.6 is 0 Å².